The second-order valence-corrected chi connectivity index (χ2v) is 5.65. The van der Waals surface area contributed by atoms with E-state index in [1.165, 1.54) is 11.3 Å². The highest BCUT2D eigenvalue weighted by Crippen LogP contribution is 2.23. The van der Waals surface area contributed by atoms with Crippen LogP contribution in [0.15, 0.2) is 17.5 Å². The Morgan fingerprint density at radius 1 is 1.52 bits per heavy atom. The number of carbonyl (C=O) groups is 2. The molecular formula is C14H15N3O3S. The molecule has 2 aromatic heterocycles. The van der Waals surface area contributed by atoms with Crippen LogP contribution in [-0.4, -0.2) is 40.1 Å². The lowest BCUT2D eigenvalue weighted by molar-refractivity contribution is 0.0513. The summed E-state index contributed by atoms with van der Waals surface area (Å²) in [6.07, 6.45) is 0.666. The number of ether oxygens (including phenoxy) is 1. The standard InChI is InChI=1S/C14H15N3O3S/c1-2-20-14(19)12-9-8-17(6-5-10(9)15-16-12)13(18)11-4-3-7-21-11/h3-4,7H,2,5-6,8H2,1H3,(H,15,16). The van der Waals surface area contributed by atoms with Crippen molar-refractivity contribution >= 4 is 23.2 Å². The number of nitrogens with zero attached hydrogens (tertiary/aromatic N) is 2. The van der Waals surface area contributed by atoms with Crippen molar-refractivity contribution in [2.24, 2.45) is 0 Å². The number of esters is 1. The molecule has 1 N–H and O–H groups in total. The van der Waals surface area contributed by atoms with E-state index >= 15 is 0 Å². The number of fused-ring (bicyclic) bond motifs is 1. The number of hydrogen-bond donors (Lipinski definition) is 1. The Morgan fingerprint density at radius 3 is 3.10 bits per heavy atom. The molecule has 0 aromatic carbocycles. The van der Waals surface area contributed by atoms with Crippen LogP contribution in [-0.2, 0) is 17.7 Å². The van der Waals surface area contributed by atoms with Crippen LogP contribution >= 0.6 is 11.3 Å². The van der Waals surface area contributed by atoms with E-state index in [1.807, 2.05) is 17.5 Å². The van der Waals surface area contributed by atoms with Crippen LogP contribution in [0.5, 0.6) is 0 Å². The largest absolute Gasteiger partial charge is 0.461 e. The van der Waals surface area contributed by atoms with Gasteiger partial charge in [-0.25, -0.2) is 4.79 Å². The normalized spacial score (nSPS) is 13.9. The molecule has 0 bridgehead atoms. The van der Waals surface area contributed by atoms with E-state index in [1.54, 1.807) is 11.8 Å². The molecule has 2 aromatic rings. The predicted molar refractivity (Wildman–Crippen MR) is 77.3 cm³/mol. The van der Waals surface area contributed by atoms with E-state index in [0.29, 0.717) is 31.0 Å². The van der Waals surface area contributed by atoms with E-state index in [2.05, 4.69) is 10.2 Å². The summed E-state index contributed by atoms with van der Waals surface area (Å²) < 4.78 is 5.00. The molecule has 0 atom stereocenters. The van der Waals surface area contributed by atoms with Gasteiger partial charge in [-0.1, -0.05) is 6.07 Å². The van der Waals surface area contributed by atoms with Crippen molar-refractivity contribution in [1.29, 1.82) is 0 Å². The molecule has 3 heterocycles. The Kier molecular flexibility index (Phi) is 3.74. The molecule has 1 amide bonds. The maximum Gasteiger partial charge on any atom is 0.359 e. The Morgan fingerprint density at radius 2 is 2.38 bits per heavy atom. The second kappa shape index (κ2) is 5.69. The average molecular weight is 305 g/mol. The Balaban J connectivity index is 1.83. The van der Waals surface area contributed by atoms with Crippen LogP contribution in [0.1, 0.15) is 38.3 Å². The molecule has 3 rings (SSSR count). The molecule has 110 valence electrons. The van der Waals surface area contributed by atoms with Crippen LogP contribution in [0, 0.1) is 0 Å². The van der Waals surface area contributed by atoms with Gasteiger partial charge >= 0.3 is 5.97 Å². The molecule has 0 unspecified atom stereocenters. The maximum absolute atomic E-state index is 12.4. The summed E-state index contributed by atoms with van der Waals surface area (Å²) in [6.45, 7) is 3.06. The molecule has 0 fully saturated rings. The lowest BCUT2D eigenvalue weighted by Gasteiger charge is -2.26. The van der Waals surface area contributed by atoms with Gasteiger partial charge in [-0.05, 0) is 18.4 Å². The number of carbonyl (C=O) groups excluding carboxylic acids is 2. The Hall–Kier alpha value is -2.15. The minimum Gasteiger partial charge on any atom is -0.461 e. The fourth-order valence-electron chi connectivity index (χ4n) is 2.39. The molecule has 1 aliphatic rings. The molecule has 0 saturated heterocycles. The quantitative estimate of drug-likeness (QED) is 0.878. The fraction of sp³-hybridized carbons (Fsp3) is 0.357. The molecule has 0 aliphatic carbocycles. The highest BCUT2D eigenvalue weighted by molar-refractivity contribution is 7.12. The molecule has 6 nitrogen and oxygen atoms in total. The first kappa shape index (κ1) is 13.8. The van der Waals surface area contributed by atoms with Crippen LogP contribution in [0.4, 0.5) is 0 Å². The third-order valence-electron chi connectivity index (χ3n) is 3.42. The first-order chi connectivity index (χ1) is 10.2. The highest BCUT2D eigenvalue weighted by Gasteiger charge is 2.29. The van der Waals surface area contributed by atoms with Crippen molar-refractivity contribution in [3.8, 4) is 0 Å². The van der Waals surface area contributed by atoms with Gasteiger partial charge in [0.1, 0.15) is 0 Å². The number of aromatic amines is 1. The number of thiophene rings is 1. The van der Waals surface area contributed by atoms with Gasteiger partial charge in [-0.15, -0.1) is 11.3 Å². The van der Waals surface area contributed by atoms with Crippen molar-refractivity contribution in [2.45, 2.75) is 19.9 Å². The summed E-state index contributed by atoms with van der Waals surface area (Å²) >= 11 is 1.42. The van der Waals surface area contributed by atoms with Crippen LogP contribution < -0.4 is 0 Å². The zero-order valence-electron chi connectivity index (χ0n) is 11.6. The number of amides is 1. The Bertz CT molecular complexity index is 663. The zero-order chi connectivity index (χ0) is 14.8. The van der Waals surface area contributed by atoms with Crippen molar-refractivity contribution in [3.63, 3.8) is 0 Å². The third kappa shape index (κ3) is 2.56. The first-order valence-electron chi connectivity index (χ1n) is 6.76. The van der Waals surface area contributed by atoms with Gasteiger partial charge in [0.25, 0.3) is 5.91 Å². The summed E-state index contributed by atoms with van der Waals surface area (Å²) in [6, 6.07) is 3.67. The minimum absolute atomic E-state index is 0.00772. The van der Waals surface area contributed by atoms with Gasteiger partial charge in [0, 0.05) is 24.2 Å². The topological polar surface area (TPSA) is 75.3 Å². The van der Waals surface area contributed by atoms with Gasteiger partial charge in [0.2, 0.25) is 0 Å². The van der Waals surface area contributed by atoms with Gasteiger partial charge in [-0.3, -0.25) is 9.89 Å². The van der Waals surface area contributed by atoms with Crippen molar-refractivity contribution in [1.82, 2.24) is 15.1 Å². The van der Waals surface area contributed by atoms with Crippen molar-refractivity contribution in [2.75, 3.05) is 13.2 Å². The molecule has 7 heteroatoms. The van der Waals surface area contributed by atoms with Crippen LogP contribution in [0.3, 0.4) is 0 Å². The fourth-order valence-corrected chi connectivity index (χ4v) is 3.08. The van der Waals surface area contributed by atoms with Gasteiger partial charge < -0.3 is 9.64 Å². The monoisotopic (exact) mass is 305 g/mol. The summed E-state index contributed by atoms with van der Waals surface area (Å²) in [5.41, 5.74) is 1.97. The maximum atomic E-state index is 12.4. The van der Waals surface area contributed by atoms with Gasteiger partial charge in [0.15, 0.2) is 5.69 Å². The van der Waals surface area contributed by atoms with Gasteiger partial charge in [-0.2, -0.15) is 5.10 Å². The predicted octanol–water partition coefficient (Wildman–Crippen LogP) is 1.85. The number of rotatable bonds is 3. The molecule has 0 radical (unpaired) electrons. The molecule has 21 heavy (non-hydrogen) atoms. The third-order valence-corrected chi connectivity index (χ3v) is 4.28. The summed E-state index contributed by atoms with van der Waals surface area (Å²) in [7, 11) is 0. The average Bonchev–Trinajstić information content (AvgIpc) is 3.15. The lowest BCUT2D eigenvalue weighted by atomic mass is 10.1. The number of aromatic nitrogens is 2. The van der Waals surface area contributed by atoms with E-state index < -0.39 is 5.97 Å². The summed E-state index contributed by atoms with van der Waals surface area (Å²) in [5.74, 6) is -0.452. The Labute approximate surface area is 125 Å². The smallest absolute Gasteiger partial charge is 0.359 e. The van der Waals surface area contributed by atoms with Crippen LogP contribution in [0.2, 0.25) is 0 Å². The van der Waals surface area contributed by atoms with Crippen molar-refractivity contribution in [3.05, 3.63) is 39.3 Å². The van der Waals surface area contributed by atoms with E-state index in [9.17, 15) is 9.59 Å². The molecule has 0 spiro atoms. The van der Waals surface area contributed by atoms with E-state index in [4.69, 9.17) is 4.74 Å². The number of hydrogen-bond acceptors (Lipinski definition) is 5. The molecule has 1 aliphatic heterocycles. The minimum atomic E-state index is -0.444. The SMILES string of the molecule is CCOC(=O)c1n[nH]c2c1CN(C(=O)c1cccs1)CC2. The van der Waals surface area contributed by atoms with Crippen molar-refractivity contribution < 1.29 is 14.3 Å². The molecule has 0 saturated carbocycles. The number of H-pyrrole nitrogens is 1. The summed E-state index contributed by atoms with van der Waals surface area (Å²) in [5, 5.41) is 8.79. The van der Waals surface area contributed by atoms with E-state index in [-0.39, 0.29) is 11.6 Å². The molecular weight excluding hydrogens is 290 g/mol. The van der Waals surface area contributed by atoms with Crippen LogP contribution in [0.25, 0.3) is 0 Å². The second-order valence-electron chi connectivity index (χ2n) is 4.70. The highest BCUT2D eigenvalue weighted by atomic mass is 32.1. The summed E-state index contributed by atoms with van der Waals surface area (Å²) in [4.78, 5) is 26.7. The van der Waals surface area contributed by atoms with E-state index in [0.717, 1.165) is 11.3 Å². The van der Waals surface area contributed by atoms with Gasteiger partial charge in [0.05, 0.1) is 18.0 Å². The first-order valence-corrected chi connectivity index (χ1v) is 7.64. The number of nitrogens with one attached hydrogen (secondary N) is 1. The lowest BCUT2D eigenvalue weighted by Crippen LogP contribution is -2.36. The zero-order valence-corrected chi connectivity index (χ0v) is 12.4.